The summed E-state index contributed by atoms with van der Waals surface area (Å²) < 4.78 is 0. The molecule has 0 aromatic heterocycles. The third-order valence-electron chi connectivity index (χ3n) is 6.61. The van der Waals surface area contributed by atoms with Gasteiger partial charge in [0.2, 0.25) is 5.96 Å². The van der Waals surface area contributed by atoms with Crippen LogP contribution in [0.15, 0.2) is 64.2 Å². The summed E-state index contributed by atoms with van der Waals surface area (Å²) in [4.78, 5) is 30.2. The summed E-state index contributed by atoms with van der Waals surface area (Å²) in [7, 11) is 2.16. The largest absolute Gasteiger partial charge is 0.369 e. The molecule has 5 rings (SSSR count). The molecule has 3 aliphatic rings. The first kappa shape index (κ1) is 20.6. The molecule has 6 heteroatoms. The molecule has 1 fully saturated rings. The molecule has 2 aliphatic heterocycles. The summed E-state index contributed by atoms with van der Waals surface area (Å²) in [6.07, 6.45) is 0. The Hall–Kier alpha value is -3.25. The standard InChI is InChI=1S/C26H29N5O/c1-4-30(5-2)26-27-23-20-8-6-7-9-21(20)25(32)22(24(23)28-26)18-10-12-19(13-11-18)31-16-14-29(3)15-17-31/h6-13H,4-5,14-17H2,1-3H3. The predicted octanol–water partition coefficient (Wildman–Crippen LogP) is 3.55. The number of hydrogen-bond acceptors (Lipinski definition) is 6. The molecular weight excluding hydrogens is 398 g/mol. The van der Waals surface area contributed by atoms with Crippen molar-refractivity contribution >= 4 is 28.7 Å². The van der Waals surface area contributed by atoms with Gasteiger partial charge in [0.15, 0.2) is 5.78 Å². The summed E-state index contributed by atoms with van der Waals surface area (Å²) in [5, 5.41) is 0. The molecule has 0 unspecified atom stereocenters. The van der Waals surface area contributed by atoms with E-state index in [-0.39, 0.29) is 5.78 Å². The van der Waals surface area contributed by atoms with Gasteiger partial charge in [-0.05, 0) is 38.6 Å². The second kappa shape index (κ2) is 8.36. The van der Waals surface area contributed by atoms with Crippen LogP contribution in [0.25, 0.3) is 5.57 Å². The van der Waals surface area contributed by atoms with Crippen LogP contribution >= 0.6 is 0 Å². The number of Topliss-reactive ketones (excluding diaryl/α,β-unsaturated/α-hetero) is 1. The lowest BCUT2D eigenvalue weighted by Crippen LogP contribution is -2.44. The van der Waals surface area contributed by atoms with Gasteiger partial charge in [-0.1, -0.05) is 36.4 Å². The van der Waals surface area contributed by atoms with Gasteiger partial charge in [-0.15, -0.1) is 0 Å². The highest BCUT2D eigenvalue weighted by Crippen LogP contribution is 2.36. The number of allylic oxidation sites excluding steroid dienone is 2. The van der Waals surface area contributed by atoms with Gasteiger partial charge in [0.25, 0.3) is 0 Å². The van der Waals surface area contributed by atoms with E-state index in [1.54, 1.807) is 0 Å². The molecule has 0 amide bonds. The van der Waals surface area contributed by atoms with E-state index in [2.05, 4.69) is 59.9 Å². The Morgan fingerprint density at radius 2 is 1.53 bits per heavy atom. The van der Waals surface area contributed by atoms with Gasteiger partial charge in [0.1, 0.15) is 11.4 Å². The van der Waals surface area contributed by atoms with E-state index in [0.29, 0.717) is 22.8 Å². The molecule has 2 aromatic rings. The van der Waals surface area contributed by atoms with Crippen LogP contribution in [0, 0.1) is 0 Å². The molecule has 2 aromatic carbocycles. The highest BCUT2D eigenvalue weighted by molar-refractivity contribution is 6.43. The first-order valence-corrected chi connectivity index (χ1v) is 11.5. The number of anilines is 1. The van der Waals surface area contributed by atoms with Crippen LogP contribution in [-0.4, -0.2) is 73.6 Å². The van der Waals surface area contributed by atoms with Crippen LogP contribution in [0.1, 0.15) is 35.3 Å². The highest BCUT2D eigenvalue weighted by Gasteiger charge is 2.35. The summed E-state index contributed by atoms with van der Waals surface area (Å²) in [5.74, 6) is 0.711. The zero-order valence-corrected chi connectivity index (χ0v) is 19.0. The summed E-state index contributed by atoms with van der Waals surface area (Å²) in [6.45, 7) is 10.0. The maximum atomic E-state index is 13.6. The smallest absolute Gasteiger partial charge is 0.226 e. The third kappa shape index (κ3) is 3.45. The molecule has 0 atom stereocenters. The number of fused-ring (bicyclic) bond motifs is 3. The fourth-order valence-corrected chi connectivity index (χ4v) is 4.64. The van der Waals surface area contributed by atoms with Crippen molar-refractivity contribution in [2.45, 2.75) is 13.8 Å². The maximum Gasteiger partial charge on any atom is 0.226 e. The van der Waals surface area contributed by atoms with Gasteiger partial charge >= 0.3 is 0 Å². The van der Waals surface area contributed by atoms with Gasteiger partial charge in [-0.25, -0.2) is 9.98 Å². The van der Waals surface area contributed by atoms with Gasteiger partial charge in [-0.3, -0.25) is 4.79 Å². The van der Waals surface area contributed by atoms with Crippen LogP contribution in [0.3, 0.4) is 0 Å². The number of carbonyl (C=O) groups is 1. The van der Waals surface area contributed by atoms with Crippen LogP contribution in [0.5, 0.6) is 0 Å². The minimum absolute atomic E-state index is 0.0199. The SMILES string of the molecule is CCN(CC)C1=NC2=C(c3ccc(N4CCN(C)CC4)cc3)C(=O)c3ccccc3C2=N1. The molecule has 32 heavy (non-hydrogen) atoms. The van der Waals surface area contributed by atoms with Crippen molar-refractivity contribution in [3.8, 4) is 0 Å². The molecular formula is C26H29N5O. The van der Waals surface area contributed by atoms with Crippen molar-refractivity contribution in [1.82, 2.24) is 9.80 Å². The van der Waals surface area contributed by atoms with Crippen LogP contribution < -0.4 is 4.90 Å². The van der Waals surface area contributed by atoms with E-state index in [4.69, 9.17) is 9.98 Å². The van der Waals surface area contributed by atoms with Gasteiger partial charge in [0, 0.05) is 56.1 Å². The topological polar surface area (TPSA) is 51.5 Å². The lowest BCUT2D eigenvalue weighted by molar-refractivity contribution is 0.105. The maximum absolute atomic E-state index is 13.6. The molecule has 0 bridgehead atoms. The predicted molar refractivity (Wildman–Crippen MR) is 131 cm³/mol. The molecule has 6 nitrogen and oxygen atoms in total. The van der Waals surface area contributed by atoms with Gasteiger partial charge < -0.3 is 14.7 Å². The van der Waals surface area contributed by atoms with Crippen molar-refractivity contribution in [1.29, 1.82) is 0 Å². The molecule has 0 N–H and O–H groups in total. The number of nitrogens with zero attached hydrogens (tertiary/aromatic N) is 5. The van der Waals surface area contributed by atoms with Crippen molar-refractivity contribution in [3.05, 3.63) is 70.9 Å². The number of rotatable bonds is 4. The average molecular weight is 428 g/mol. The first-order chi connectivity index (χ1) is 15.6. The minimum atomic E-state index is 0.0199. The Labute approximate surface area is 189 Å². The number of benzene rings is 2. The zero-order valence-electron chi connectivity index (χ0n) is 19.0. The lowest BCUT2D eigenvalue weighted by Gasteiger charge is -2.34. The van der Waals surface area contributed by atoms with Crippen LogP contribution in [0.4, 0.5) is 5.69 Å². The monoisotopic (exact) mass is 427 g/mol. The summed E-state index contributed by atoms with van der Waals surface area (Å²) in [6, 6.07) is 16.1. The van der Waals surface area contributed by atoms with E-state index < -0.39 is 0 Å². The first-order valence-electron chi connectivity index (χ1n) is 11.5. The molecule has 0 saturated carbocycles. The third-order valence-corrected chi connectivity index (χ3v) is 6.61. The number of likely N-dealkylation sites (N-methyl/N-ethyl adjacent to an activating group) is 1. The fraction of sp³-hybridized carbons (Fsp3) is 0.346. The molecule has 1 saturated heterocycles. The van der Waals surface area contributed by atoms with Crippen molar-refractivity contribution in [2.24, 2.45) is 9.98 Å². The number of ketones is 1. The molecule has 0 spiro atoms. The Morgan fingerprint density at radius 3 is 2.19 bits per heavy atom. The molecule has 1 aliphatic carbocycles. The van der Waals surface area contributed by atoms with Crippen LogP contribution in [-0.2, 0) is 0 Å². The second-order valence-electron chi connectivity index (χ2n) is 8.48. The molecule has 164 valence electrons. The highest BCUT2D eigenvalue weighted by atomic mass is 16.1. The normalized spacial score (nSPS) is 18.3. The van der Waals surface area contributed by atoms with E-state index in [9.17, 15) is 4.79 Å². The summed E-state index contributed by atoms with van der Waals surface area (Å²) >= 11 is 0. The van der Waals surface area contributed by atoms with Gasteiger partial charge in [-0.2, -0.15) is 0 Å². The fourth-order valence-electron chi connectivity index (χ4n) is 4.64. The zero-order chi connectivity index (χ0) is 22.2. The van der Waals surface area contributed by atoms with E-state index >= 15 is 0 Å². The van der Waals surface area contributed by atoms with Gasteiger partial charge in [0.05, 0.1) is 5.57 Å². The van der Waals surface area contributed by atoms with Crippen LogP contribution in [0.2, 0.25) is 0 Å². The minimum Gasteiger partial charge on any atom is -0.369 e. The Morgan fingerprint density at radius 1 is 0.875 bits per heavy atom. The average Bonchev–Trinajstić information content (AvgIpc) is 3.26. The van der Waals surface area contributed by atoms with Crippen molar-refractivity contribution in [2.75, 3.05) is 51.2 Å². The number of hydrogen-bond donors (Lipinski definition) is 0. The Kier molecular flexibility index (Phi) is 5.39. The van der Waals surface area contributed by atoms with E-state index in [0.717, 1.165) is 56.1 Å². The number of carbonyl (C=O) groups excluding carboxylic acids is 1. The Balaban J connectivity index is 1.57. The molecule has 2 heterocycles. The Bertz CT molecular complexity index is 1130. The van der Waals surface area contributed by atoms with Crippen molar-refractivity contribution < 1.29 is 4.79 Å². The van der Waals surface area contributed by atoms with E-state index in [1.165, 1.54) is 5.69 Å². The van der Waals surface area contributed by atoms with Crippen molar-refractivity contribution in [3.63, 3.8) is 0 Å². The lowest BCUT2D eigenvalue weighted by atomic mass is 9.84. The number of piperazine rings is 1. The second-order valence-corrected chi connectivity index (χ2v) is 8.48. The number of guanidine groups is 1. The number of aliphatic imine (C=N–C) groups is 2. The van der Waals surface area contributed by atoms with E-state index in [1.807, 2.05) is 24.3 Å². The summed E-state index contributed by atoms with van der Waals surface area (Å²) in [5.41, 5.74) is 5.82. The molecule has 0 radical (unpaired) electrons. The quantitative estimate of drug-likeness (QED) is 0.749.